The third kappa shape index (κ3) is 8.04. The Kier molecular flexibility index (Phi) is 11.0. The normalized spacial score (nSPS) is 21.1. The number of nitrogens with one attached hydrogen (secondary N) is 3. The molecule has 0 spiro atoms. The number of rotatable bonds is 7. The van der Waals surface area contributed by atoms with E-state index >= 15 is 0 Å². The molecule has 4 heterocycles. The molecular weight excluding hydrogens is 643 g/mol. The highest BCUT2D eigenvalue weighted by Crippen LogP contribution is 2.39. The number of hydrogen-bond acceptors (Lipinski definition) is 6. The second-order valence-electron chi connectivity index (χ2n) is 13.5. The summed E-state index contributed by atoms with van der Waals surface area (Å²) in [5.41, 5.74) is 1.89. The highest BCUT2D eigenvalue weighted by Gasteiger charge is 2.37. The Morgan fingerprint density at radius 2 is 1.52 bits per heavy atom. The number of carbonyl (C=O) groups is 2. The molecule has 3 saturated heterocycles. The summed E-state index contributed by atoms with van der Waals surface area (Å²) in [6.45, 7) is 7.92. The summed E-state index contributed by atoms with van der Waals surface area (Å²) in [7, 11) is 1.39. The van der Waals surface area contributed by atoms with Gasteiger partial charge in [0.1, 0.15) is 6.04 Å². The van der Waals surface area contributed by atoms with Gasteiger partial charge in [-0.05, 0) is 60.9 Å². The molecule has 4 aliphatic heterocycles. The van der Waals surface area contributed by atoms with E-state index in [0.717, 1.165) is 77.4 Å². The Morgan fingerprint density at radius 1 is 0.896 bits per heavy atom. The number of likely N-dealkylation sites (tertiary alicyclic amines) is 2. The molecule has 0 unspecified atom stereocenters. The fraction of sp³-hybridized carbons (Fsp3) is 0.600. The maximum Gasteiger partial charge on any atom is 0.418 e. The first kappa shape index (κ1) is 34.8. The van der Waals surface area contributed by atoms with Crippen molar-refractivity contribution in [1.82, 2.24) is 30.2 Å². The van der Waals surface area contributed by atoms with E-state index in [-0.39, 0.29) is 34.6 Å². The number of nitrogens with zero attached hydrogens (tertiary/aromatic N) is 4. The van der Waals surface area contributed by atoms with E-state index in [0.29, 0.717) is 38.3 Å². The smallest absolute Gasteiger partial charge is 0.386 e. The first-order valence-electron chi connectivity index (χ1n) is 17.3. The van der Waals surface area contributed by atoms with Crippen LogP contribution < -0.4 is 16.0 Å². The molecule has 0 aromatic heterocycles. The maximum atomic E-state index is 14.0. The van der Waals surface area contributed by atoms with Gasteiger partial charge >= 0.3 is 12.2 Å². The van der Waals surface area contributed by atoms with E-state index in [1.807, 2.05) is 0 Å². The van der Waals surface area contributed by atoms with Crippen LogP contribution in [0.3, 0.4) is 0 Å². The Hall–Kier alpha value is -3.06. The lowest BCUT2D eigenvalue weighted by atomic mass is 9.95. The van der Waals surface area contributed by atoms with E-state index in [2.05, 4.69) is 50.0 Å². The largest absolute Gasteiger partial charge is 0.418 e. The zero-order chi connectivity index (χ0) is 33.8. The molecule has 13 heteroatoms. The van der Waals surface area contributed by atoms with Gasteiger partial charge in [-0.3, -0.25) is 14.6 Å². The highest BCUT2D eigenvalue weighted by atomic mass is 35.5. The molecule has 9 nitrogen and oxygen atoms in total. The van der Waals surface area contributed by atoms with Crippen molar-refractivity contribution in [2.24, 2.45) is 0 Å². The number of hydrogen-bond donors (Lipinski definition) is 3. The minimum Gasteiger partial charge on any atom is -0.386 e. The lowest BCUT2D eigenvalue weighted by molar-refractivity contribution is -0.137. The molecule has 2 aromatic rings. The van der Waals surface area contributed by atoms with Crippen molar-refractivity contribution in [2.45, 2.75) is 69.4 Å². The molecule has 3 N–H and O–H groups in total. The number of amides is 3. The molecule has 0 saturated carbocycles. The molecule has 1 atom stereocenters. The number of piperazine rings is 1. The molecule has 48 heavy (non-hydrogen) atoms. The number of urea groups is 1. The standard InChI is InChI=1S/C35H47ClF3N7O2/c1-40-32-29(35(37,38)39)20-24(21-30(32)36)22-31(33(47)44-14-7-27(8-15-44)43-18-11-41-12-19-43)42-34(48)45-16-9-28(10-17-45)46-13-6-25-4-2-3-5-26(25)23-46/h2-5,20-21,27-28,31,40-41H,6-19,22-23H2,1H3,(H,42,48)/t31-/m1/s1. The number of anilines is 1. The summed E-state index contributed by atoms with van der Waals surface area (Å²) < 4.78 is 42.0. The van der Waals surface area contributed by atoms with Crippen LogP contribution in [-0.4, -0.2) is 116 Å². The molecule has 3 amide bonds. The van der Waals surface area contributed by atoms with Gasteiger partial charge < -0.3 is 25.8 Å². The zero-order valence-electron chi connectivity index (χ0n) is 27.6. The van der Waals surface area contributed by atoms with Crippen LogP contribution in [0.4, 0.5) is 23.7 Å². The van der Waals surface area contributed by atoms with Crippen LogP contribution in [-0.2, 0) is 30.4 Å². The zero-order valence-corrected chi connectivity index (χ0v) is 28.4. The summed E-state index contributed by atoms with van der Waals surface area (Å²) in [5.74, 6) is -0.272. The molecule has 0 radical (unpaired) electrons. The minimum atomic E-state index is -4.65. The van der Waals surface area contributed by atoms with Gasteiger partial charge in [0.2, 0.25) is 5.91 Å². The van der Waals surface area contributed by atoms with Crippen molar-refractivity contribution in [2.75, 3.05) is 71.3 Å². The number of halogens is 4. The second-order valence-corrected chi connectivity index (χ2v) is 13.9. The second kappa shape index (κ2) is 15.2. The first-order valence-corrected chi connectivity index (χ1v) is 17.7. The summed E-state index contributed by atoms with van der Waals surface area (Å²) in [5, 5.41) is 8.78. The van der Waals surface area contributed by atoms with E-state index in [4.69, 9.17) is 11.6 Å². The minimum absolute atomic E-state index is 0.0842. The van der Waals surface area contributed by atoms with Gasteiger partial charge in [0.25, 0.3) is 0 Å². The van der Waals surface area contributed by atoms with Crippen LogP contribution in [0.25, 0.3) is 0 Å². The average Bonchev–Trinajstić information content (AvgIpc) is 3.10. The van der Waals surface area contributed by atoms with Crippen molar-refractivity contribution in [3.63, 3.8) is 0 Å². The van der Waals surface area contributed by atoms with Crippen LogP contribution in [0.15, 0.2) is 36.4 Å². The molecular formula is C35H47ClF3N7O2. The summed E-state index contributed by atoms with van der Waals surface area (Å²) in [6, 6.07) is 10.4. The topological polar surface area (TPSA) is 83.2 Å². The third-order valence-corrected chi connectivity index (χ3v) is 10.9. The number of alkyl halides is 3. The Labute approximate surface area is 286 Å². The van der Waals surface area contributed by atoms with Gasteiger partial charge in [-0.15, -0.1) is 0 Å². The number of fused-ring (bicyclic) bond motifs is 1. The van der Waals surface area contributed by atoms with Crippen LogP contribution in [0.1, 0.15) is 47.9 Å². The van der Waals surface area contributed by atoms with Crippen molar-refractivity contribution in [3.8, 4) is 0 Å². The fourth-order valence-corrected chi connectivity index (χ4v) is 8.25. The van der Waals surface area contributed by atoms with Crippen molar-refractivity contribution >= 4 is 29.2 Å². The molecule has 6 rings (SSSR count). The van der Waals surface area contributed by atoms with Crippen molar-refractivity contribution < 1.29 is 22.8 Å². The van der Waals surface area contributed by atoms with Gasteiger partial charge in [0.15, 0.2) is 0 Å². The predicted octanol–water partition coefficient (Wildman–Crippen LogP) is 4.44. The number of piperidine rings is 2. The number of benzene rings is 2. The van der Waals surface area contributed by atoms with Gasteiger partial charge in [-0.2, -0.15) is 13.2 Å². The van der Waals surface area contributed by atoms with Crippen molar-refractivity contribution in [3.05, 3.63) is 63.7 Å². The predicted molar refractivity (Wildman–Crippen MR) is 181 cm³/mol. The van der Waals surface area contributed by atoms with Gasteiger partial charge in [-0.25, -0.2) is 4.79 Å². The quantitative estimate of drug-likeness (QED) is 0.399. The van der Waals surface area contributed by atoms with Crippen LogP contribution in [0, 0.1) is 0 Å². The van der Waals surface area contributed by atoms with E-state index in [1.165, 1.54) is 24.2 Å². The molecule has 2 aromatic carbocycles. The van der Waals surface area contributed by atoms with E-state index < -0.39 is 17.8 Å². The van der Waals surface area contributed by atoms with E-state index in [9.17, 15) is 22.8 Å². The third-order valence-electron chi connectivity index (χ3n) is 10.6. The van der Waals surface area contributed by atoms with Crippen LogP contribution >= 0.6 is 11.6 Å². The van der Waals surface area contributed by atoms with Crippen LogP contribution in [0.5, 0.6) is 0 Å². The number of carbonyl (C=O) groups excluding carboxylic acids is 2. The monoisotopic (exact) mass is 689 g/mol. The van der Waals surface area contributed by atoms with Gasteiger partial charge in [0, 0.05) is 91.0 Å². The van der Waals surface area contributed by atoms with Crippen LogP contribution in [0.2, 0.25) is 5.02 Å². The van der Waals surface area contributed by atoms with Gasteiger partial charge in [0.05, 0.1) is 16.3 Å². The first-order chi connectivity index (χ1) is 23.1. The summed E-state index contributed by atoms with van der Waals surface area (Å²) in [6.07, 6.45) is -0.439. The lowest BCUT2D eigenvalue weighted by Crippen LogP contribution is -2.58. The Morgan fingerprint density at radius 3 is 2.17 bits per heavy atom. The summed E-state index contributed by atoms with van der Waals surface area (Å²) in [4.78, 5) is 36.2. The molecule has 4 aliphatic rings. The lowest BCUT2D eigenvalue weighted by Gasteiger charge is -2.42. The van der Waals surface area contributed by atoms with Gasteiger partial charge in [-0.1, -0.05) is 35.9 Å². The SMILES string of the molecule is CNc1c(Cl)cc(C[C@@H](NC(=O)N2CCC(N3CCc4ccccc4C3)CC2)C(=O)N2CCC(N3CCNCC3)CC2)cc1C(F)(F)F. The molecule has 262 valence electrons. The molecule has 3 fully saturated rings. The summed E-state index contributed by atoms with van der Waals surface area (Å²) >= 11 is 6.31. The fourth-order valence-electron chi connectivity index (χ4n) is 7.92. The Bertz CT molecular complexity index is 1440. The average molecular weight is 690 g/mol. The highest BCUT2D eigenvalue weighted by molar-refractivity contribution is 6.33. The Balaban J connectivity index is 1.13. The molecule has 0 bridgehead atoms. The van der Waals surface area contributed by atoms with E-state index in [1.54, 1.807) is 9.80 Å². The molecule has 0 aliphatic carbocycles. The maximum absolute atomic E-state index is 14.0. The van der Waals surface area contributed by atoms with Crippen molar-refractivity contribution in [1.29, 1.82) is 0 Å².